The molecule has 1 fully saturated rings. The fraction of sp³-hybridized carbons (Fsp3) is 0.389. The summed E-state index contributed by atoms with van der Waals surface area (Å²) in [6.45, 7) is 1.27. The number of primary sulfonamides is 1. The molecule has 3 rings (SSSR count). The van der Waals surface area contributed by atoms with Gasteiger partial charge in [0.15, 0.2) is 0 Å². The summed E-state index contributed by atoms with van der Waals surface area (Å²) >= 11 is 0. The average Bonchev–Trinajstić information content (AvgIpc) is 2.66. The molecule has 10 heteroatoms. The fourth-order valence-corrected chi connectivity index (χ4v) is 3.71. The molecule has 28 heavy (non-hydrogen) atoms. The zero-order valence-corrected chi connectivity index (χ0v) is 15.7. The number of hydrogen-bond acceptors (Lipinski definition) is 5. The third-order valence-corrected chi connectivity index (χ3v) is 5.57. The molecule has 2 aromatic rings. The molecule has 1 aliphatic heterocycles. The number of piperidine rings is 1. The lowest BCUT2D eigenvalue weighted by Gasteiger charge is -2.35. The summed E-state index contributed by atoms with van der Waals surface area (Å²) in [6.07, 6.45) is -1.75. The molecule has 0 amide bonds. The number of nitrogens with zero attached hydrogens (tertiary/aromatic N) is 2. The number of alkyl halides is 3. The molecule has 0 bridgehead atoms. The standard InChI is InChI=1S/C18H20F3N3O3S/c19-18(20,21)15-11-14(28(22,25)26)4-5-16(15)24-9-6-13(7-10-24)12-27-17-3-1-2-8-23-17/h1-5,8,11,13H,6-7,9-10,12H2,(H2,22,25,26). The Morgan fingerprint density at radius 1 is 1.18 bits per heavy atom. The Labute approximate surface area is 161 Å². The van der Waals surface area contributed by atoms with Gasteiger partial charge >= 0.3 is 6.18 Å². The van der Waals surface area contributed by atoms with E-state index in [9.17, 15) is 21.6 Å². The summed E-state index contributed by atoms with van der Waals surface area (Å²) in [6, 6.07) is 8.22. The lowest BCUT2D eigenvalue weighted by atomic mass is 9.96. The number of halogens is 3. The minimum absolute atomic E-state index is 0.0380. The van der Waals surface area contributed by atoms with Crippen LogP contribution in [0, 0.1) is 5.92 Å². The van der Waals surface area contributed by atoms with Gasteiger partial charge in [-0.2, -0.15) is 13.2 Å². The van der Waals surface area contributed by atoms with Crippen molar-refractivity contribution in [3.63, 3.8) is 0 Å². The molecule has 6 nitrogen and oxygen atoms in total. The predicted octanol–water partition coefficient (Wildman–Crippen LogP) is 3.04. The van der Waals surface area contributed by atoms with Crippen LogP contribution in [0.3, 0.4) is 0 Å². The summed E-state index contributed by atoms with van der Waals surface area (Å²) in [4.78, 5) is 5.14. The van der Waals surface area contributed by atoms with Crippen LogP contribution in [-0.4, -0.2) is 33.1 Å². The second-order valence-electron chi connectivity index (χ2n) is 6.63. The lowest BCUT2D eigenvalue weighted by molar-refractivity contribution is -0.137. The van der Waals surface area contributed by atoms with E-state index in [1.165, 1.54) is 6.07 Å². The van der Waals surface area contributed by atoms with E-state index in [2.05, 4.69) is 4.98 Å². The quantitative estimate of drug-likeness (QED) is 0.811. The van der Waals surface area contributed by atoms with Gasteiger partial charge in [0.25, 0.3) is 0 Å². The van der Waals surface area contributed by atoms with E-state index in [0.29, 0.717) is 44.5 Å². The van der Waals surface area contributed by atoms with Crippen molar-refractivity contribution in [3.05, 3.63) is 48.2 Å². The van der Waals surface area contributed by atoms with Gasteiger partial charge in [-0.3, -0.25) is 0 Å². The smallest absolute Gasteiger partial charge is 0.418 e. The van der Waals surface area contributed by atoms with Crippen LogP contribution < -0.4 is 14.8 Å². The number of rotatable bonds is 5. The van der Waals surface area contributed by atoms with E-state index in [1.54, 1.807) is 23.2 Å². The first-order chi connectivity index (χ1) is 13.1. The van der Waals surface area contributed by atoms with Crippen molar-refractivity contribution in [2.45, 2.75) is 23.9 Å². The summed E-state index contributed by atoms with van der Waals surface area (Å²) in [7, 11) is -4.22. The minimum Gasteiger partial charge on any atom is -0.477 e. The fourth-order valence-electron chi connectivity index (χ4n) is 3.17. The van der Waals surface area contributed by atoms with Crippen LogP contribution in [0.1, 0.15) is 18.4 Å². The third-order valence-electron chi connectivity index (χ3n) is 4.66. The molecule has 0 aliphatic carbocycles. The van der Waals surface area contributed by atoms with Gasteiger partial charge in [-0.05, 0) is 43.0 Å². The SMILES string of the molecule is NS(=O)(=O)c1ccc(N2CCC(COc3ccccn3)CC2)c(C(F)(F)F)c1. The number of sulfonamides is 1. The van der Waals surface area contributed by atoms with E-state index in [0.717, 1.165) is 6.07 Å². The summed E-state index contributed by atoms with van der Waals surface area (Å²) in [5, 5.41) is 4.97. The molecule has 2 heterocycles. The highest BCUT2D eigenvalue weighted by molar-refractivity contribution is 7.89. The molecule has 0 spiro atoms. The Morgan fingerprint density at radius 2 is 1.89 bits per heavy atom. The van der Waals surface area contributed by atoms with Crippen LogP contribution in [0.5, 0.6) is 5.88 Å². The highest BCUT2D eigenvalue weighted by Gasteiger charge is 2.36. The van der Waals surface area contributed by atoms with Crippen LogP contribution in [-0.2, 0) is 16.2 Å². The molecule has 2 N–H and O–H groups in total. The maximum atomic E-state index is 13.5. The second kappa shape index (κ2) is 7.96. The summed E-state index contributed by atoms with van der Waals surface area (Å²) in [5.41, 5.74) is -1.04. The molecular weight excluding hydrogens is 395 g/mol. The number of benzene rings is 1. The van der Waals surface area contributed by atoms with Crippen molar-refractivity contribution in [2.24, 2.45) is 11.1 Å². The molecule has 1 aromatic heterocycles. The maximum Gasteiger partial charge on any atom is 0.418 e. The zero-order valence-electron chi connectivity index (χ0n) is 14.9. The monoisotopic (exact) mass is 415 g/mol. The normalized spacial score (nSPS) is 16.2. The Balaban J connectivity index is 1.69. The second-order valence-corrected chi connectivity index (χ2v) is 8.19. The molecule has 152 valence electrons. The van der Waals surface area contributed by atoms with Gasteiger partial charge in [-0.15, -0.1) is 0 Å². The van der Waals surface area contributed by atoms with Crippen LogP contribution >= 0.6 is 0 Å². The van der Waals surface area contributed by atoms with E-state index in [-0.39, 0.29) is 11.6 Å². The molecule has 1 aromatic carbocycles. The zero-order chi connectivity index (χ0) is 20.4. The molecule has 0 saturated carbocycles. The summed E-state index contributed by atoms with van der Waals surface area (Å²) in [5.74, 6) is 0.721. The number of aromatic nitrogens is 1. The van der Waals surface area contributed by atoms with Crippen LogP contribution in [0.2, 0.25) is 0 Å². The first-order valence-electron chi connectivity index (χ1n) is 8.67. The number of nitrogens with two attached hydrogens (primary N) is 1. The Bertz CT molecular complexity index is 913. The Morgan fingerprint density at radius 3 is 2.46 bits per heavy atom. The first-order valence-corrected chi connectivity index (χ1v) is 10.2. The predicted molar refractivity (Wildman–Crippen MR) is 97.5 cm³/mol. The largest absolute Gasteiger partial charge is 0.477 e. The van der Waals surface area contributed by atoms with Crippen LogP contribution in [0.15, 0.2) is 47.5 Å². The van der Waals surface area contributed by atoms with Gasteiger partial charge < -0.3 is 9.64 Å². The Hall–Kier alpha value is -2.33. The lowest BCUT2D eigenvalue weighted by Crippen LogP contribution is -2.36. The topological polar surface area (TPSA) is 85.5 Å². The highest BCUT2D eigenvalue weighted by Crippen LogP contribution is 2.39. The number of ether oxygens (including phenoxy) is 1. The average molecular weight is 415 g/mol. The molecule has 0 atom stereocenters. The van der Waals surface area contributed by atoms with Crippen LogP contribution in [0.4, 0.5) is 18.9 Å². The van der Waals surface area contributed by atoms with Gasteiger partial charge in [-0.1, -0.05) is 6.07 Å². The van der Waals surface area contributed by atoms with Gasteiger partial charge in [-0.25, -0.2) is 18.5 Å². The molecule has 0 radical (unpaired) electrons. The molecule has 1 saturated heterocycles. The van der Waals surface area contributed by atoms with E-state index in [1.807, 2.05) is 6.07 Å². The van der Waals surface area contributed by atoms with Crippen molar-refractivity contribution in [2.75, 3.05) is 24.6 Å². The molecule has 1 aliphatic rings. The number of anilines is 1. The minimum atomic E-state index is -4.69. The van der Waals surface area contributed by atoms with Crippen LogP contribution in [0.25, 0.3) is 0 Å². The van der Waals surface area contributed by atoms with Gasteiger partial charge in [0.1, 0.15) is 0 Å². The van der Waals surface area contributed by atoms with Crippen molar-refractivity contribution < 1.29 is 26.3 Å². The molecule has 0 unspecified atom stereocenters. The van der Waals surface area contributed by atoms with Crippen molar-refractivity contribution in [1.82, 2.24) is 4.98 Å². The van der Waals surface area contributed by atoms with Gasteiger partial charge in [0, 0.05) is 31.0 Å². The van der Waals surface area contributed by atoms with Crippen molar-refractivity contribution in [3.8, 4) is 5.88 Å². The van der Waals surface area contributed by atoms with Gasteiger partial charge in [0.05, 0.1) is 17.1 Å². The van der Waals surface area contributed by atoms with Crippen molar-refractivity contribution in [1.29, 1.82) is 0 Å². The van der Waals surface area contributed by atoms with Gasteiger partial charge in [0.2, 0.25) is 15.9 Å². The summed E-state index contributed by atoms with van der Waals surface area (Å²) < 4.78 is 68.8. The number of pyridine rings is 1. The van der Waals surface area contributed by atoms with E-state index >= 15 is 0 Å². The highest BCUT2D eigenvalue weighted by atomic mass is 32.2. The maximum absolute atomic E-state index is 13.5. The first kappa shape index (κ1) is 20.4. The Kier molecular flexibility index (Phi) is 5.80. The third kappa shape index (κ3) is 4.93. The van der Waals surface area contributed by atoms with E-state index in [4.69, 9.17) is 9.88 Å². The number of hydrogen-bond donors (Lipinski definition) is 1. The van der Waals surface area contributed by atoms with E-state index < -0.39 is 26.7 Å². The van der Waals surface area contributed by atoms with Crippen molar-refractivity contribution >= 4 is 15.7 Å². The molecular formula is C18H20F3N3O3S.